The summed E-state index contributed by atoms with van der Waals surface area (Å²) in [6, 6.07) is 16.0. The molecule has 1 fully saturated rings. The maximum absolute atomic E-state index is 13.0. The average molecular weight is 486 g/mol. The number of benzene rings is 2. The molecule has 1 saturated heterocycles. The van der Waals surface area contributed by atoms with E-state index in [1.165, 1.54) is 17.7 Å². The normalized spacial score (nSPS) is 14.2. The molecule has 1 aliphatic heterocycles. The molecule has 1 aliphatic rings. The van der Waals surface area contributed by atoms with Crippen LogP contribution in [0.3, 0.4) is 0 Å². The summed E-state index contributed by atoms with van der Waals surface area (Å²) in [6.07, 6.45) is 3.22. The third-order valence-corrected chi connectivity index (χ3v) is 6.08. The molecular weight excluding hydrogens is 458 g/mol. The van der Waals surface area contributed by atoms with Gasteiger partial charge in [-0.3, -0.25) is 14.9 Å². The summed E-state index contributed by atoms with van der Waals surface area (Å²) >= 11 is 0. The zero-order valence-electron chi connectivity index (χ0n) is 20.5. The van der Waals surface area contributed by atoms with Crippen LogP contribution in [0.25, 0.3) is 12.2 Å². The van der Waals surface area contributed by atoms with Crippen LogP contribution in [0.15, 0.2) is 52.9 Å². The van der Waals surface area contributed by atoms with Crippen LogP contribution >= 0.6 is 0 Å². The first kappa shape index (κ1) is 24.7. The van der Waals surface area contributed by atoms with Gasteiger partial charge in [0, 0.05) is 50.0 Å². The Morgan fingerprint density at radius 2 is 1.81 bits per heavy atom. The van der Waals surface area contributed by atoms with Crippen LogP contribution in [0.4, 0.5) is 11.6 Å². The first-order chi connectivity index (χ1) is 17.2. The maximum Gasteiger partial charge on any atom is 0.270 e. The zero-order valence-corrected chi connectivity index (χ0v) is 20.5. The molecule has 9 heteroatoms. The van der Waals surface area contributed by atoms with Crippen molar-refractivity contribution in [2.45, 2.75) is 26.2 Å². The topological polar surface area (TPSA) is 117 Å². The molecule has 2 aromatic carbocycles. The molecule has 0 unspecified atom stereocenters. The van der Waals surface area contributed by atoms with Gasteiger partial charge >= 0.3 is 0 Å². The fraction of sp³-hybridized carbons (Fsp3) is 0.296. The fourth-order valence-corrected chi connectivity index (χ4v) is 4.00. The number of oxazole rings is 1. The molecule has 4 rings (SSSR count). The molecule has 1 aromatic heterocycles. The van der Waals surface area contributed by atoms with E-state index >= 15 is 0 Å². The Bertz CT molecular complexity index is 1340. The number of amides is 1. The summed E-state index contributed by atoms with van der Waals surface area (Å²) in [5, 5.41) is 20.5. The number of rotatable bonds is 5. The number of hydrogen-bond acceptors (Lipinski definition) is 7. The number of hydrogen-bond donors (Lipinski definition) is 0. The standard InChI is InChI=1S/C27H27N5O4/c1-27(2,3)21-10-8-20(9-11-21)25(33)30-13-15-31(16-14-30)26-23(18-28)29-24(36-26)12-7-19-5-4-6-22(17-19)32(34)35/h4-12,17H,13-16H2,1-3H3/b12-7+. The van der Waals surface area contributed by atoms with Crippen molar-refractivity contribution in [2.75, 3.05) is 31.1 Å². The Morgan fingerprint density at radius 1 is 1.11 bits per heavy atom. The van der Waals surface area contributed by atoms with E-state index < -0.39 is 4.92 Å². The number of non-ortho nitro benzene ring substituents is 1. The van der Waals surface area contributed by atoms with Gasteiger partial charge in [0.15, 0.2) is 0 Å². The van der Waals surface area contributed by atoms with Crippen molar-refractivity contribution < 1.29 is 14.1 Å². The van der Waals surface area contributed by atoms with E-state index in [0.29, 0.717) is 43.2 Å². The highest BCUT2D eigenvalue weighted by molar-refractivity contribution is 5.94. The van der Waals surface area contributed by atoms with Crippen LogP contribution in [-0.2, 0) is 5.41 Å². The van der Waals surface area contributed by atoms with Crippen molar-refractivity contribution in [3.63, 3.8) is 0 Å². The molecular formula is C27H27N5O4. The van der Waals surface area contributed by atoms with Crippen LogP contribution in [-0.4, -0.2) is 46.9 Å². The number of carbonyl (C=O) groups excluding carboxylic acids is 1. The molecule has 0 bridgehead atoms. The van der Waals surface area contributed by atoms with Gasteiger partial charge in [-0.2, -0.15) is 10.2 Å². The van der Waals surface area contributed by atoms with Crippen LogP contribution in [0.1, 0.15) is 53.8 Å². The molecule has 0 spiro atoms. The number of nitriles is 1. The van der Waals surface area contributed by atoms with Gasteiger partial charge in [-0.25, -0.2) is 0 Å². The fourth-order valence-electron chi connectivity index (χ4n) is 4.00. The largest absolute Gasteiger partial charge is 0.420 e. The lowest BCUT2D eigenvalue weighted by molar-refractivity contribution is -0.384. The van der Waals surface area contributed by atoms with Crippen LogP contribution in [0, 0.1) is 21.4 Å². The highest BCUT2D eigenvalue weighted by atomic mass is 16.6. The molecule has 184 valence electrons. The van der Waals surface area contributed by atoms with Crippen molar-refractivity contribution in [1.29, 1.82) is 5.26 Å². The molecule has 0 atom stereocenters. The van der Waals surface area contributed by atoms with Crippen LogP contribution in [0.2, 0.25) is 0 Å². The summed E-state index contributed by atoms with van der Waals surface area (Å²) in [4.78, 5) is 31.4. The van der Waals surface area contributed by atoms with E-state index in [4.69, 9.17) is 4.42 Å². The van der Waals surface area contributed by atoms with E-state index in [9.17, 15) is 20.2 Å². The zero-order chi connectivity index (χ0) is 25.9. The number of nitro groups is 1. The lowest BCUT2D eigenvalue weighted by atomic mass is 9.86. The van der Waals surface area contributed by atoms with Crippen molar-refractivity contribution >= 4 is 29.6 Å². The summed E-state index contributed by atoms with van der Waals surface area (Å²) < 4.78 is 5.84. The number of aromatic nitrogens is 1. The van der Waals surface area contributed by atoms with Crippen molar-refractivity contribution in [1.82, 2.24) is 9.88 Å². The molecule has 3 aromatic rings. The van der Waals surface area contributed by atoms with Gasteiger partial charge < -0.3 is 14.2 Å². The molecule has 2 heterocycles. The quantitative estimate of drug-likeness (QED) is 0.373. The lowest BCUT2D eigenvalue weighted by Crippen LogP contribution is -2.48. The predicted molar refractivity (Wildman–Crippen MR) is 137 cm³/mol. The second-order valence-corrected chi connectivity index (χ2v) is 9.61. The Hall–Kier alpha value is -4.45. The second kappa shape index (κ2) is 10.0. The van der Waals surface area contributed by atoms with Crippen LogP contribution in [0.5, 0.6) is 0 Å². The second-order valence-electron chi connectivity index (χ2n) is 9.61. The summed E-state index contributed by atoms with van der Waals surface area (Å²) in [5.41, 5.74) is 2.61. The van der Waals surface area contributed by atoms with Gasteiger partial charge in [0.25, 0.3) is 11.6 Å². The lowest BCUT2D eigenvalue weighted by Gasteiger charge is -2.34. The SMILES string of the molecule is CC(C)(C)c1ccc(C(=O)N2CCN(c3oc(/C=C/c4cccc([N+](=O)[O-])c4)nc3C#N)CC2)cc1. The van der Waals surface area contributed by atoms with Crippen molar-refractivity contribution in [2.24, 2.45) is 0 Å². The highest BCUT2D eigenvalue weighted by Crippen LogP contribution is 2.26. The van der Waals surface area contributed by atoms with E-state index in [2.05, 4.69) is 31.8 Å². The van der Waals surface area contributed by atoms with E-state index in [1.54, 1.807) is 29.2 Å². The van der Waals surface area contributed by atoms with Crippen molar-refractivity contribution in [3.05, 3.63) is 86.9 Å². The summed E-state index contributed by atoms with van der Waals surface area (Å²) in [7, 11) is 0. The molecule has 0 radical (unpaired) electrons. The summed E-state index contributed by atoms with van der Waals surface area (Å²) in [6.45, 7) is 8.40. The number of nitro benzene ring substituents is 1. The number of anilines is 1. The van der Waals surface area contributed by atoms with Crippen molar-refractivity contribution in [3.8, 4) is 6.07 Å². The minimum atomic E-state index is -0.459. The molecule has 0 aliphatic carbocycles. The minimum absolute atomic E-state index is 0.0134. The van der Waals surface area contributed by atoms with Crippen LogP contribution < -0.4 is 4.90 Å². The Labute approximate surface area is 209 Å². The van der Waals surface area contributed by atoms with Gasteiger partial charge in [-0.1, -0.05) is 45.0 Å². The Morgan fingerprint density at radius 3 is 2.42 bits per heavy atom. The molecule has 1 amide bonds. The Kier molecular flexibility index (Phi) is 6.88. The van der Waals surface area contributed by atoms with Gasteiger partial charge in [0.2, 0.25) is 17.5 Å². The first-order valence-corrected chi connectivity index (χ1v) is 11.6. The highest BCUT2D eigenvalue weighted by Gasteiger charge is 2.27. The average Bonchev–Trinajstić information content (AvgIpc) is 3.30. The minimum Gasteiger partial charge on any atom is -0.420 e. The number of carbonyl (C=O) groups is 1. The number of nitrogens with zero attached hydrogens (tertiary/aromatic N) is 5. The van der Waals surface area contributed by atoms with E-state index in [0.717, 1.165) is 0 Å². The molecule has 0 N–H and O–H groups in total. The third kappa shape index (κ3) is 5.44. The van der Waals surface area contributed by atoms with Gasteiger partial charge in [-0.15, -0.1) is 0 Å². The smallest absolute Gasteiger partial charge is 0.270 e. The van der Waals surface area contributed by atoms with Gasteiger partial charge in [0.05, 0.1) is 4.92 Å². The third-order valence-electron chi connectivity index (χ3n) is 6.08. The van der Waals surface area contributed by atoms with E-state index in [1.807, 2.05) is 29.2 Å². The first-order valence-electron chi connectivity index (χ1n) is 11.6. The van der Waals surface area contributed by atoms with Gasteiger partial charge in [0.1, 0.15) is 6.07 Å². The predicted octanol–water partition coefficient (Wildman–Crippen LogP) is 4.88. The summed E-state index contributed by atoms with van der Waals surface area (Å²) in [5.74, 6) is 0.567. The molecule has 36 heavy (non-hydrogen) atoms. The molecule has 0 saturated carbocycles. The number of piperazine rings is 1. The maximum atomic E-state index is 13.0. The van der Waals surface area contributed by atoms with Gasteiger partial charge in [-0.05, 0) is 34.8 Å². The molecule has 9 nitrogen and oxygen atoms in total. The monoisotopic (exact) mass is 485 g/mol. The van der Waals surface area contributed by atoms with E-state index in [-0.39, 0.29) is 28.6 Å². The Balaban J connectivity index is 1.42.